The lowest BCUT2D eigenvalue weighted by Crippen LogP contribution is -1.89. The number of fused-ring (bicyclic) bond motifs is 1. The Hall–Kier alpha value is -0.680. The van der Waals surface area contributed by atoms with Gasteiger partial charge < -0.3 is 0 Å². The highest BCUT2D eigenvalue weighted by atomic mass is 33.1. The Labute approximate surface area is 69.1 Å². The van der Waals surface area contributed by atoms with Crippen molar-refractivity contribution in [2.75, 3.05) is 0 Å². The van der Waals surface area contributed by atoms with E-state index in [2.05, 4.69) is 4.98 Å². The molecule has 0 amide bonds. The molecule has 2 rings (SSSR count). The zero-order chi connectivity index (χ0) is 7.84. The van der Waals surface area contributed by atoms with Crippen LogP contribution in [0.25, 0.3) is 0 Å². The second kappa shape index (κ2) is 2.42. The quantitative estimate of drug-likeness (QED) is 0.565. The summed E-state index contributed by atoms with van der Waals surface area (Å²) in [7, 11) is -0.452. The first kappa shape index (κ1) is 7.00. The topological polar surface area (TPSA) is 47.0 Å². The molecule has 0 spiro atoms. The summed E-state index contributed by atoms with van der Waals surface area (Å²) < 4.78 is 11.1. The number of pyridine rings is 1. The average Bonchev–Trinajstić information content (AvgIpc) is 2.30. The maximum atomic E-state index is 11.1. The van der Waals surface area contributed by atoms with Crippen LogP contribution in [-0.4, -0.2) is 14.3 Å². The van der Waals surface area contributed by atoms with Gasteiger partial charge in [0.05, 0.1) is 5.56 Å². The predicted octanol–water partition coefficient (Wildman–Crippen LogP) is 0.991. The summed E-state index contributed by atoms with van der Waals surface area (Å²) in [5, 5.41) is 0.258. The van der Waals surface area contributed by atoms with E-state index in [0.717, 1.165) is 10.8 Å². The molecule has 1 aromatic heterocycles. The van der Waals surface area contributed by atoms with Crippen LogP contribution in [0.5, 0.6) is 0 Å². The molecule has 0 saturated carbocycles. The summed E-state index contributed by atoms with van der Waals surface area (Å²) in [6.45, 7) is 0. The summed E-state index contributed by atoms with van der Waals surface area (Å²) >= 11 is 0. The molecule has 0 aliphatic carbocycles. The monoisotopic (exact) mass is 185 g/mol. The molecule has 5 heteroatoms. The maximum absolute atomic E-state index is 11.1. The van der Waals surface area contributed by atoms with Gasteiger partial charge in [-0.25, -0.2) is 9.19 Å². The zero-order valence-corrected chi connectivity index (χ0v) is 6.95. The largest absolute Gasteiger partial charge is 0.280 e. The van der Waals surface area contributed by atoms with Crippen LogP contribution in [0, 0.1) is 0 Å². The van der Waals surface area contributed by atoms with Crippen molar-refractivity contribution in [1.82, 2.24) is 4.98 Å². The van der Waals surface area contributed by atoms with Crippen molar-refractivity contribution in [3.8, 4) is 0 Å². The predicted molar refractivity (Wildman–Crippen MR) is 42.6 cm³/mol. The SMILES string of the molecule is O=C1SS(=O)c2ncccc21. The molecule has 0 bridgehead atoms. The van der Waals surface area contributed by atoms with Crippen LogP contribution in [0.1, 0.15) is 10.4 Å². The number of rotatable bonds is 0. The molecule has 11 heavy (non-hydrogen) atoms. The van der Waals surface area contributed by atoms with Crippen LogP contribution in [-0.2, 0) is 9.83 Å². The van der Waals surface area contributed by atoms with Crippen molar-refractivity contribution in [3.63, 3.8) is 0 Å². The molecule has 2 heterocycles. The molecule has 0 N–H and O–H groups in total. The molecular weight excluding hydrogens is 182 g/mol. The third-order valence-corrected chi connectivity index (χ3v) is 3.85. The van der Waals surface area contributed by atoms with Crippen molar-refractivity contribution >= 4 is 25.7 Å². The van der Waals surface area contributed by atoms with E-state index in [1.54, 1.807) is 12.1 Å². The van der Waals surface area contributed by atoms with Gasteiger partial charge in [-0.1, -0.05) is 0 Å². The van der Waals surface area contributed by atoms with Gasteiger partial charge in [-0.3, -0.25) is 4.79 Å². The smallest absolute Gasteiger partial charge is 0.235 e. The first-order valence-electron chi connectivity index (χ1n) is 2.88. The lowest BCUT2D eigenvalue weighted by atomic mass is 10.3. The van der Waals surface area contributed by atoms with Gasteiger partial charge in [0.2, 0.25) is 5.12 Å². The molecule has 1 aliphatic rings. The molecule has 1 atom stereocenters. The highest BCUT2D eigenvalue weighted by Gasteiger charge is 2.28. The Kier molecular flexibility index (Phi) is 1.54. The Bertz CT molecular complexity index is 317. The summed E-state index contributed by atoms with van der Waals surface area (Å²) in [5.41, 5.74) is 0.482. The maximum Gasteiger partial charge on any atom is 0.235 e. The standard InChI is InChI=1S/C6H3NO2S2/c8-6-4-2-1-3-7-5(4)11(9)10-6/h1-3H. The van der Waals surface area contributed by atoms with Crippen LogP contribution in [0.4, 0.5) is 0 Å². The number of carbonyl (C=O) groups is 1. The number of aromatic nitrogens is 1. The normalized spacial score (nSPS) is 21.8. The molecule has 1 aromatic rings. The van der Waals surface area contributed by atoms with E-state index in [4.69, 9.17) is 0 Å². The number of nitrogens with zero attached hydrogens (tertiary/aromatic N) is 1. The third-order valence-electron chi connectivity index (χ3n) is 1.30. The van der Waals surface area contributed by atoms with Crippen molar-refractivity contribution < 1.29 is 9.00 Å². The number of hydrogen-bond acceptors (Lipinski definition) is 4. The number of hydrogen-bond donors (Lipinski definition) is 0. The molecule has 0 fully saturated rings. The zero-order valence-electron chi connectivity index (χ0n) is 5.31. The van der Waals surface area contributed by atoms with Crippen molar-refractivity contribution in [2.24, 2.45) is 0 Å². The van der Waals surface area contributed by atoms with Gasteiger partial charge in [0.25, 0.3) is 0 Å². The molecule has 0 aromatic carbocycles. The lowest BCUT2D eigenvalue weighted by molar-refractivity contribution is 0.108. The van der Waals surface area contributed by atoms with Crippen LogP contribution in [0.15, 0.2) is 23.4 Å². The minimum atomic E-state index is -1.27. The molecule has 1 unspecified atom stereocenters. The molecule has 1 aliphatic heterocycles. The van der Waals surface area contributed by atoms with E-state index in [9.17, 15) is 9.00 Å². The van der Waals surface area contributed by atoms with Crippen molar-refractivity contribution in [3.05, 3.63) is 23.9 Å². The van der Waals surface area contributed by atoms with E-state index >= 15 is 0 Å². The first-order valence-corrected chi connectivity index (χ1v) is 5.37. The van der Waals surface area contributed by atoms with Gasteiger partial charge in [0, 0.05) is 17.0 Å². The minimum Gasteiger partial charge on any atom is -0.280 e. The van der Waals surface area contributed by atoms with Crippen molar-refractivity contribution in [1.29, 1.82) is 0 Å². The Morgan fingerprint density at radius 3 is 3.09 bits per heavy atom. The minimum absolute atomic E-state index is 0.147. The van der Waals surface area contributed by atoms with Crippen LogP contribution in [0.3, 0.4) is 0 Å². The van der Waals surface area contributed by atoms with Gasteiger partial charge >= 0.3 is 0 Å². The van der Waals surface area contributed by atoms with Gasteiger partial charge in [-0.2, -0.15) is 0 Å². The average molecular weight is 185 g/mol. The lowest BCUT2D eigenvalue weighted by Gasteiger charge is -1.88. The highest BCUT2D eigenvalue weighted by molar-refractivity contribution is 8.76. The van der Waals surface area contributed by atoms with E-state index in [1.807, 2.05) is 0 Å². The molecular formula is C6H3NO2S2. The summed E-state index contributed by atoms with van der Waals surface area (Å²) in [6.07, 6.45) is 1.54. The molecule has 0 radical (unpaired) electrons. The Morgan fingerprint density at radius 2 is 2.36 bits per heavy atom. The van der Waals surface area contributed by atoms with Crippen molar-refractivity contribution in [2.45, 2.75) is 5.03 Å². The van der Waals surface area contributed by atoms with E-state index in [1.165, 1.54) is 6.20 Å². The van der Waals surface area contributed by atoms with E-state index in [0.29, 0.717) is 10.6 Å². The van der Waals surface area contributed by atoms with Crippen LogP contribution >= 0.6 is 10.8 Å². The van der Waals surface area contributed by atoms with E-state index in [-0.39, 0.29) is 5.12 Å². The summed E-state index contributed by atoms with van der Waals surface area (Å²) in [5.74, 6) is 0. The summed E-state index contributed by atoms with van der Waals surface area (Å²) in [4.78, 5) is 14.9. The fourth-order valence-electron chi connectivity index (χ4n) is 0.832. The van der Waals surface area contributed by atoms with Gasteiger partial charge in [0.1, 0.15) is 14.9 Å². The highest BCUT2D eigenvalue weighted by Crippen LogP contribution is 2.31. The first-order chi connectivity index (χ1) is 5.29. The summed E-state index contributed by atoms with van der Waals surface area (Å²) in [6, 6.07) is 3.31. The van der Waals surface area contributed by atoms with Gasteiger partial charge in [-0.05, 0) is 12.1 Å². The Balaban J connectivity index is 2.69. The molecule has 56 valence electrons. The Morgan fingerprint density at radius 1 is 1.55 bits per heavy atom. The van der Waals surface area contributed by atoms with Crippen LogP contribution < -0.4 is 0 Å². The van der Waals surface area contributed by atoms with E-state index < -0.39 is 9.83 Å². The van der Waals surface area contributed by atoms with Gasteiger partial charge in [-0.15, -0.1) is 0 Å². The second-order valence-corrected chi connectivity index (χ2v) is 4.76. The second-order valence-electron chi connectivity index (χ2n) is 1.96. The number of carbonyl (C=O) groups excluding carboxylic acids is 1. The fourth-order valence-corrected chi connectivity index (χ4v) is 3.17. The molecule has 3 nitrogen and oxygen atoms in total. The fraction of sp³-hybridized carbons (Fsp3) is 0. The molecule has 0 saturated heterocycles. The van der Waals surface area contributed by atoms with Gasteiger partial charge in [0.15, 0.2) is 0 Å². The third kappa shape index (κ3) is 1.00. The van der Waals surface area contributed by atoms with Crippen LogP contribution in [0.2, 0.25) is 0 Å².